The van der Waals surface area contributed by atoms with Gasteiger partial charge in [0.1, 0.15) is 0 Å². The zero-order valence-corrected chi connectivity index (χ0v) is 17.9. The van der Waals surface area contributed by atoms with E-state index < -0.39 is 5.97 Å². The van der Waals surface area contributed by atoms with Crippen LogP contribution in [0.1, 0.15) is 11.9 Å². The molecule has 3 aromatic rings. The SMILES string of the molecule is CCOC(=O)/C(=N\Nc1ccc(Cl)cc1)c1nc(O)c(N=Nc2ccc(Cl)cc2)s1. The van der Waals surface area contributed by atoms with Crippen molar-refractivity contribution in [3.8, 4) is 5.88 Å². The standard InChI is InChI=1S/C19H15Cl2N5O3S/c1-2-29-19(28)15(25-23-13-7-3-11(20)4-8-13)17-22-16(27)18(30-17)26-24-14-9-5-12(21)6-10-14/h3-10,23,27H,2H2,1H3/b25-15-,26-24?. The van der Waals surface area contributed by atoms with E-state index in [1.165, 1.54) is 0 Å². The monoisotopic (exact) mass is 463 g/mol. The van der Waals surface area contributed by atoms with Gasteiger partial charge in [-0.3, -0.25) is 5.43 Å². The van der Waals surface area contributed by atoms with E-state index in [0.717, 1.165) is 11.3 Å². The fourth-order valence-electron chi connectivity index (χ4n) is 2.11. The molecule has 2 N–H and O–H groups in total. The van der Waals surface area contributed by atoms with Crippen LogP contribution in [0.5, 0.6) is 5.88 Å². The number of benzene rings is 2. The molecule has 0 amide bonds. The van der Waals surface area contributed by atoms with Gasteiger partial charge in [0.15, 0.2) is 5.01 Å². The fraction of sp³-hybridized carbons (Fsp3) is 0.105. The Morgan fingerprint density at radius 1 is 1.10 bits per heavy atom. The van der Waals surface area contributed by atoms with Gasteiger partial charge in [-0.05, 0) is 55.5 Å². The second-order valence-electron chi connectivity index (χ2n) is 5.62. The summed E-state index contributed by atoms with van der Waals surface area (Å²) >= 11 is 12.6. The van der Waals surface area contributed by atoms with E-state index in [2.05, 4.69) is 25.7 Å². The van der Waals surface area contributed by atoms with Crippen molar-refractivity contribution in [1.29, 1.82) is 0 Å². The third kappa shape index (κ3) is 5.76. The van der Waals surface area contributed by atoms with Crippen LogP contribution in [0.3, 0.4) is 0 Å². The molecule has 0 saturated carbocycles. The first-order valence-corrected chi connectivity index (χ1v) is 10.2. The quantitative estimate of drug-likeness (QED) is 0.194. The number of nitrogens with one attached hydrogen (secondary N) is 1. The average molecular weight is 464 g/mol. The highest BCUT2D eigenvalue weighted by molar-refractivity contribution is 7.18. The van der Waals surface area contributed by atoms with Crippen LogP contribution in [0.2, 0.25) is 10.0 Å². The molecule has 0 aliphatic rings. The number of thiazole rings is 1. The Morgan fingerprint density at radius 3 is 2.37 bits per heavy atom. The van der Waals surface area contributed by atoms with Gasteiger partial charge in [0, 0.05) is 10.0 Å². The first-order valence-electron chi connectivity index (χ1n) is 8.60. The van der Waals surface area contributed by atoms with Gasteiger partial charge >= 0.3 is 5.97 Å². The molecule has 1 heterocycles. The number of hydrazone groups is 1. The minimum absolute atomic E-state index is 0.111. The van der Waals surface area contributed by atoms with Crippen LogP contribution in [0, 0.1) is 0 Å². The average Bonchev–Trinajstić information content (AvgIpc) is 3.09. The highest BCUT2D eigenvalue weighted by Crippen LogP contribution is 2.35. The van der Waals surface area contributed by atoms with Crippen molar-refractivity contribution in [3.63, 3.8) is 0 Å². The van der Waals surface area contributed by atoms with Gasteiger partial charge in [0.2, 0.25) is 10.7 Å². The Kier molecular flexibility index (Phi) is 7.34. The number of rotatable bonds is 7. The van der Waals surface area contributed by atoms with Crippen molar-refractivity contribution in [2.45, 2.75) is 6.92 Å². The van der Waals surface area contributed by atoms with Crippen molar-refractivity contribution in [3.05, 3.63) is 63.6 Å². The third-order valence-electron chi connectivity index (χ3n) is 3.49. The van der Waals surface area contributed by atoms with Gasteiger partial charge in [0.05, 0.1) is 18.0 Å². The third-order valence-corrected chi connectivity index (χ3v) is 4.93. The largest absolute Gasteiger partial charge is 0.491 e. The lowest BCUT2D eigenvalue weighted by Crippen LogP contribution is -2.20. The highest BCUT2D eigenvalue weighted by Gasteiger charge is 2.22. The van der Waals surface area contributed by atoms with Crippen LogP contribution in [0.15, 0.2) is 63.9 Å². The summed E-state index contributed by atoms with van der Waals surface area (Å²) in [5.41, 5.74) is 3.78. The molecule has 8 nitrogen and oxygen atoms in total. The Bertz CT molecular complexity index is 1080. The minimum Gasteiger partial charge on any atom is -0.491 e. The zero-order valence-electron chi connectivity index (χ0n) is 15.5. The summed E-state index contributed by atoms with van der Waals surface area (Å²) in [7, 11) is 0. The number of carbonyl (C=O) groups is 1. The lowest BCUT2D eigenvalue weighted by atomic mass is 10.3. The number of aromatic hydroxyl groups is 1. The van der Waals surface area contributed by atoms with Crippen molar-refractivity contribution in [2.75, 3.05) is 12.0 Å². The zero-order chi connectivity index (χ0) is 21.5. The summed E-state index contributed by atoms with van der Waals surface area (Å²) in [5.74, 6) is -1.08. The van der Waals surface area contributed by atoms with Crippen LogP contribution >= 0.6 is 34.5 Å². The molecule has 0 spiro atoms. The van der Waals surface area contributed by atoms with Crippen LogP contribution < -0.4 is 5.43 Å². The molecule has 0 unspecified atom stereocenters. The fourth-order valence-corrected chi connectivity index (χ4v) is 3.12. The van der Waals surface area contributed by atoms with Crippen LogP contribution in [0.25, 0.3) is 0 Å². The Hall–Kier alpha value is -3.01. The van der Waals surface area contributed by atoms with E-state index >= 15 is 0 Å². The van der Waals surface area contributed by atoms with Gasteiger partial charge < -0.3 is 9.84 Å². The summed E-state index contributed by atoms with van der Waals surface area (Å²) < 4.78 is 5.04. The highest BCUT2D eigenvalue weighted by atomic mass is 35.5. The summed E-state index contributed by atoms with van der Waals surface area (Å²) in [6.45, 7) is 1.83. The van der Waals surface area contributed by atoms with E-state index in [9.17, 15) is 9.90 Å². The van der Waals surface area contributed by atoms with Gasteiger partial charge in [-0.2, -0.15) is 10.1 Å². The lowest BCUT2D eigenvalue weighted by Gasteiger charge is -2.05. The smallest absolute Gasteiger partial charge is 0.361 e. The summed E-state index contributed by atoms with van der Waals surface area (Å²) in [6, 6.07) is 13.4. The Morgan fingerprint density at radius 2 is 1.73 bits per heavy atom. The molecular formula is C19H15Cl2N5O3S. The van der Waals surface area contributed by atoms with E-state index in [-0.39, 0.29) is 28.2 Å². The molecule has 0 bridgehead atoms. The van der Waals surface area contributed by atoms with Gasteiger partial charge in [0.25, 0.3) is 5.88 Å². The maximum Gasteiger partial charge on any atom is 0.361 e. The summed E-state index contributed by atoms with van der Waals surface area (Å²) in [6.07, 6.45) is 0. The number of hydrogen-bond acceptors (Lipinski definition) is 9. The predicted molar refractivity (Wildman–Crippen MR) is 118 cm³/mol. The molecular weight excluding hydrogens is 449 g/mol. The maximum atomic E-state index is 12.4. The molecule has 0 aliphatic heterocycles. The van der Waals surface area contributed by atoms with Crippen molar-refractivity contribution in [2.24, 2.45) is 15.3 Å². The van der Waals surface area contributed by atoms with Crippen LogP contribution in [-0.4, -0.2) is 28.4 Å². The van der Waals surface area contributed by atoms with Crippen molar-refractivity contribution < 1.29 is 14.6 Å². The maximum absolute atomic E-state index is 12.4. The second kappa shape index (κ2) is 10.1. The predicted octanol–water partition coefficient (Wildman–Crippen LogP) is 5.95. The molecule has 0 fully saturated rings. The molecule has 2 aromatic carbocycles. The number of ether oxygens (including phenoxy) is 1. The first kappa shape index (κ1) is 21.7. The van der Waals surface area contributed by atoms with Gasteiger partial charge in [-0.25, -0.2) is 4.79 Å². The number of halogens is 2. The van der Waals surface area contributed by atoms with E-state index in [1.54, 1.807) is 55.5 Å². The van der Waals surface area contributed by atoms with E-state index in [0.29, 0.717) is 21.4 Å². The first-order chi connectivity index (χ1) is 14.5. The Balaban J connectivity index is 1.87. The van der Waals surface area contributed by atoms with Gasteiger partial charge in [-0.15, -0.1) is 10.2 Å². The number of nitrogens with zero attached hydrogens (tertiary/aromatic N) is 4. The number of esters is 1. The molecule has 1 aromatic heterocycles. The molecule has 154 valence electrons. The molecule has 30 heavy (non-hydrogen) atoms. The van der Waals surface area contributed by atoms with Gasteiger partial charge in [-0.1, -0.05) is 34.5 Å². The number of anilines is 1. The number of aromatic nitrogens is 1. The number of carbonyl (C=O) groups excluding carboxylic acids is 1. The second-order valence-corrected chi connectivity index (χ2v) is 7.47. The van der Waals surface area contributed by atoms with E-state index in [4.69, 9.17) is 27.9 Å². The summed E-state index contributed by atoms with van der Waals surface area (Å²) in [4.78, 5) is 16.3. The van der Waals surface area contributed by atoms with Crippen LogP contribution in [0.4, 0.5) is 16.4 Å². The molecule has 0 aliphatic carbocycles. The molecule has 0 saturated heterocycles. The van der Waals surface area contributed by atoms with Crippen molar-refractivity contribution >= 4 is 62.6 Å². The Labute approximate surface area is 185 Å². The molecule has 0 radical (unpaired) electrons. The topological polar surface area (TPSA) is 109 Å². The van der Waals surface area contributed by atoms with E-state index in [1.807, 2.05) is 0 Å². The molecule has 3 rings (SSSR count). The van der Waals surface area contributed by atoms with Crippen LogP contribution in [-0.2, 0) is 9.53 Å². The minimum atomic E-state index is -0.700. The molecule has 11 heteroatoms. The number of hydrogen-bond donors (Lipinski definition) is 2. The number of azo groups is 1. The molecule has 0 atom stereocenters. The lowest BCUT2D eigenvalue weighted by molar-refractivity contribution is -0.134. The normalized spacial score (nSPS) is 11.6. The van der Waals surface area contributed by atoms with Crippen molar-refractivity contribution in [1.82, 2.24) is 4.98 Å². The summed E-state index contributed by atoms with van der Waals surface area (Å²) in [5, 5.41) is 23.6.